The first-order valence-corrected chi connectivity index (χ1v) is 6.55. The molecule has 19 heavy (non-hydrogen) atoms. The summed E-state index contributed by atoms with van der Waals surface area (Å²) in [4.78, 5) is 0. The zero-order valence-electron chi connectivity index (χ0n) is 12.2. The standard InChI is InChI=1S/C14H23ClN2O2/c1-14(2,3)13(19-5)12(17-16)9-6-7-10(15)11(8-9)18-4/h6-8,12-13,17H,16H2,1-5H3. The van der Waals surface area contributed by atoms with Gasteiger partial charge in [0.05, 0.1) is 24.3 Å². The Bertz CT molecular complexity index is 418. The molecule has 2 unspecified atom stereocenters. The summed E-state index contributed by atoms with van der Waals surface area (Å²) >= 11 is 6.04. The fraction of sp³-hybridized carbons (Fsp3) is 0.571. The lowest BCUT2D eigenvalue weighted by Crippen LogP contribution is -2.44. The molecule has 0 spiro atoms. The zero-order valence-corrected chi connectivity index (χ0v) is 12.9. The Morgan fingerprint density at radius 1 is 1.26 bits per heavy atom. The quantitative estimate of drug-likeness (QED) is 0.645. The van der Waals surface area contributed by atoms with Crippen molar-refractivity contribution in [1.82, 2.24) is 5.43 Å². The van der Waals surface area contributed by atoms with Gasteiger partial charge in [0.25, 0.3) is 0 Å². The molecular weight excluding hydrogens is 264 g/mol. The Morgan fingerprint density at radius 2 is 1.89 bits per heavy atom. The lowest BCUT2D eigenvalue weighted by Gasteiger charge is -2.36. The molecule has 0 aliphatic rings. The van der Waals surface area contributed by atoms with E-state index in [0.29, 0.717) is 10.8 Å². The third-order valence-electron chi connectivity index (χ3n) is 3.12. The van der Waals surface area contributed by atoms with E-state index in [1.165, 1.54) is 0 Å². The van der Waals surface area contributed by atoms with Gasteiger partial charge in [0.15, 0.2) is 0 Å². The molecule has 4 nitrogen and oxygen atoms in total. The molecular formula is C14H23ClN2O2. The SMILES string of the molecule is COc1cc(C(NN)C(OC)C(C)(C)C)ccc1Cl. The van der Waals surface area contributed by atoms with E-state index < -0.39 is 0 Å². The van der Waals surface area contributed by atoms with Crippen LogP contribution in [0.3, 0.4) is 0 Å². The maximum Gasteiger partial charge on any atom is 0.137 e. The van der Waals surface area contributed by atoms with Gasteiger partial charge in [-0.15, -0.1) is 0 Å². The third-order valence-corrected chi connectivity index (χ3v) is 3.44. The van der Waals surface area contributed by atoms with E-state index in [2.05, 4.69) is 26.2 Å². The number of nitrogens with two attached hydrogens (primary N) is 1. The van der Waals surface area contributed by atoms with Crippen molar-refractivity contribution < 1.29 is 9.47 Å². The topological polar surface area (TPSA) is 56.5 Å². The van der Waals surface area contributed by atoms with Gasteiger partial charge in [-0.05, 0) is 23.1 Å². The molecule has 0 aliphatic carbocycles. The molecule has 0 amide bonds. The number of nitrogens with one attached hydrogen (secondary N) is 1. The molecule has 1 rings (SSSR count). The van der Waals surface area contributed by atoms with Crippen LogP contribution in [-0.2, 0) is 4.74 Å². The molecule has 0 radical (unpaired) electrons. The number of benzene rings is 1. The van der Waals surface area contributed by atoms with Crippen LogP contribution in [0, 0.1) is 5.41 Å². The minimum atomic E-state index is -0.142. The summed E-state index contributed by atoms with van der Waals surface area (Å²) in [5.41, 5.74) is 3.74. The van der Waals surface area contributed by atoms with E-state index in [1.807, 2.05) is 12.1 Å². The van der Waals surface area contributed by atoms with E-state index in [4.69, 9.17) is 26.9 Å². The second-order valence-corrected chi connectivity index (χ2v) is 5.97. The third kappa shape index (κ3) is 3.83. The fourth-order valence-corrected chi connectivity index (χ4v) is 2.41. The van der Waals surface area contributed by atoms with Crippen molar-refractivity contribution in [2.75, 3.05) is 14.2 Å². The Balaban J connectivity index is 3.15. The highest BCUT2D eigenvalue weighted by molar-refractivity contribution is 6.32. The van der Waals surface area contributed by atoms with E-state index in [9.17, 15) is 0 Å². The van der Waals surface area contributed by atoms with Gasteiger partial charge in [-0.25, -0.2) is 0 Å². The van der Waals surface area contributed by atoms with E-state index in [1.54, 1.807) is 20.3 Å². The number of methoxy groups -OCH3 is 2. The van der Waals surface area contributed by atoms with Crippen molar-refractivity contribution in [3.63, 3.8) is 0 Å². The van der Waals surface area contributed by atoms with Gasteiger partial charge in [-0.3, -0.25) is 11.3 Å². The van der Waals surface area contributed by atoms with Crippen LogP contribution in [-0.4, -0.2) is 20.3 Å². The molecule has 1 aromatic carbocycles. The number of hydrogen-bond donors (Lipinski definition) is 2. The zero-order chi connectivity index (χ0) is 14.6. The lowest BCUT2D eigenvalue weighted by atomic mass is 9.82. The summed E-state index contributed by atoms with van der Waals surface area (Å²) in [6, 6.07) is 5.46. The van der Waals surface area contributed by atoms with Gasteiger partial charge in [0.2, 0.25) is 0 Å². The predicted octanol–water partition coefficient (Wildman–Crippen LogP) is 2.91. The largest absolute Gasteiger partial charge is 0.495 e. The second-order valence-electron chi connectivity index (χ2n) is 5.56. The number of hydrazine groups is 1. The van der Waals surface area contributed by atoms with Gasteiger partial charge >= 0.3 is 0 Å². The number of ether oxygens (including phenoxy) is 2. The summed E-state index contributed by atoms with van der Waals surface area (Å²) < 4.78 is 10.8. The normalized spacial score (nSPS) is 15.1. The highest BCUT2D eigenvalue weighted by atomic mass is 35.5. The second kappa shape index (κ2) is 6.57. The molecule has 2 atom stereocenters. The molecule has 3 N–H and O–H groups in total. The number of halogens is 1. The van der Waals surface area contributed by atoms with Crippen LogP contribution in [0.1, 0.15) is 32.4 Å². The predicted molar refractivity (Wildman–Crippen MR) is 78.3 cm³/mol. The Hall–Kier alpha value is -0.810. The molecule has 1 aromatic rings. The molecule has 0 bridgehead atoms. The molecule has 0 saturated heterocycles. The molecule has 108 valence electrons. The van der Waals surface area contributed by atoms with Gasteiger partial charge in [-0.2, -0.15) is 0 Å². The number of hydrogen-bond acceptors (Lipinski definition) is 4. The van der Waals surface area contributed by atoms with Gasteiger partial charge in [0.1, 0.15) is 5.75 Å². The van der Waals surface area contributed by atoms with Gasteiger partial charge in [0, 0.05) is 7.11 Å². The Kier molecular flexibility index (Phi) is 5.62. The van der Waals surface area contributed by atoms with Crippen LogP contribution in [0.5, 0.6) is 5.75 Å². The highest BCUT2D eigenvalue weighted by Gasteiger charge is 2.33. The van der Waals surface area contributed by atoms with Crippen molar-refractivity contribution >= 4 is 11.6 Å². The summed E-state index contributed by atoms with van der Waals surface area (Å²) in [5, 5.41) is 0.576. The maximum atomic E-state index is 6.04. The first-order valence-electron chi connectivity index (χ1n) is 6.17. The van der Waals surface area contributed by atoms with E-state index in [0.717, 1.165) is 5.56 Å². The molecule has 0 aromatic heterocycles. The summed E-state index contributed by atoms with van der Waals surface area (Å²) in [7, 11) is 3.28. The van der Waals surface area contributed by atoms with Crippen LogP contribution >= 0.6 is 11.6 Å². The molecule has 5 heteroatoms. The Labute approximate surface area is 120 Å². The van der Waals surface area contributed by atoms with Crippen molar-refractivity contribution in [1.29, 1.82) is 0 Å². The molecule has 0 fully saturated rings. The molecule has 0 aliphatic heterocycles. The first kappa shape index (κ1) is 16.2. The molecule has 0 saturated carbocycles. The number of rotatable bonds is 5. The van der Waals surface area contributed by atoms with Gasteiger partial charge in [-0.1, -0.05) is 38.4 Å². The van der Waals surface area contributed by atoms with Gasteiger partial charge < -0.3 is 9.47 Å². The minimum absolute atomic E-state index is 0.0569. The first-order chi connectivity index (χ1) is 8.85. The van der Waals surface area contributed by atoms with Crippen LogP contribution in [0.15, 0.2) is 18.2 Å². The highest BCUT2D eigenvalue weighted by Crippen LogP contribution is 2.35. The summed E-state index contributed by atoms with van der Waals surface area (Å²) in [5.74, 6) is 6.33. The van der Waals surface area contributed by atoms with Crippen molar-refractivity contribution in [3.05, 3.63) is 28.8 Å². The monoisotopic (exact) mass is 286 g/mol. The fourth-order valence-electron chi connectivity index (χ4n) is 2.22. The lowest BCUT2D eigenvalue weighted by molar-refractivity contribution is -0.0120. The average Bonchev–Trinajstić information content (AvgIpc) is 2.35. The van der Waals surface area contributed by atoms with E-state index in [-0.39, 0.29) is 17.6 Å². The summed E-state index contributed by atoms with van der Waals surface area (Å²) in [6.45, 7) is 6.33. The van der Waals surface area contributed by atoms with Crippen molar-refractivity contribution in [3.8, 4) is 5.75 Å². The maximum absolute atomic E-state index is 6.04. The smallest absolute Gasteiger partial charge is 0.137 e. The van der Waals surface area contributed by atoms with Crippen LogP contribution in [0.4, 0.5) is 0 Å². The van der Waals surface area contributed by atoms with Crippen molar-refractivity contribution in [2.24, 2.45) is 11.3 Å². The average molecular weight is 287 g/mol. The minimum Gasteiger partial charge on any atom is -0.495 e. The van der Waals surface area contributed by atoms with Crippen LogP contribution in [0.25, 0.3) is 0 Å². The molecule has 0 heterocycles. The van der Waals surface area contributed by atoms with Crippen LogP contribution in [0.2, 0.25) is 5.02 Å². The Morgan fingerprint density at radius 3 is 2.32 bits per heavy atom. The summed E-state index contributed by atoms with van der Waals surface area (Å²) in [6.07, 6.45) is -0.0802. The van der Waals surface area contributed by atoms with Crippen LogP contribution < -0.4 is 16.0 Å². The van der Waals surface area contributed by atoms with Crippen molar-refractivity contribution in [2.45, 2.75) is 32.9 Å². The van der Waals surface area contributed by atoms with E-state index >= 15 is 0 Å².